The number of nitrogens with zero attached hydrogens (tertiary/aromatic N) is 4. The van der Waals surface area contributed by atoms with E-state index in [9.17, 15) is 10.1 Å². The average Bonchev–Trinajstić information content (AvgIpc) is 2.97. The Bertz CT molecular complexity index is 589. The summed E-state index contributed by atoms with van der Waals surface area (Å²) in [4.78, 5) is 22.8. The van der Waals surface area contributed by atoms with Crippen LogP contribution in [0.5, 0.6) is 0 Å². The molecule has 2 N–H and O–H groups in total. The first-order valence-corrected chi connectivity index (χ1v) is 6.88. The van der Waals surface area contributed by atoms with Crippen LogP contribution >= 0.6 is 11.3 Å². The van der Waals surface area contributed by atoms with E-state index in [1.54, 1.807) is 13.2 Å². The zero-order chi connectivity index (χ0) is 14.5. The first-order chi connectivity index (χ1) is 9.67. The van der Waals surface area contributed by atoms with E-state index in [4.69, 9.17) is 0 Å². The van der Waals surface area contributed by atoms with Gasteiger partial charge in [0.05, 0.1) is 11.0 Å². The topological polar surface area (TPSA) is 106 Å². The van der Waals surface area contributed by atoms with Gasteiger partial charge in [-0.05, 0) is 6.42 Å². The van der Waals surface area contributed by atoms with Crippen molar-refractivity contribution in [2.75, 3.05) is 17.7 Å². The normalized spacial score (nSPS) is 11.9. The Hall–Kier alpha value is -2.29. The minimum atomic E-state index is -0.497. The number of anilines is 2. The molecule has 0 spiro atoms. The van der Waals surface area contributed by atoms with Gasteiger partial charge < -0.3 is 10.6 Å². The highest BCUT2D eigenvalue weighted by Gasteiger charge is 2.24. The lowest BCUT2D eigenvalue weighted by Crippen LogP contribution is -2.13. The highest BCUT2D eigenvalue weighted by molar-refractivity contribution is 7.09. The summed E-state index contributed by atoms with van der Waals surface area (Å²) in [6, 6.07) is -0.117. The number of thiazole rings is 1. The van der Waals surface area contributed by atoms with Crippen LogP contribution in [-0.4, -0.2) is 26.9 Å². The molecule has 0 saturated heterocycles. The van der Waals surface area contributed by atoms with Gasteiger partial charge in [0.25, 0.3) is 0 Å². The monoisotopic (exact) mass is 294 g/mol. The van der Waals surface area contributed by atoms with E-state index in [-0.39, 0.29) is 23.4 Å². The summed E-state index contributed by atoms with van der Waals surface area (Å²) in [5, 5.41) is 19.7. The van der Waals surface area contributed by atoms with Crippen LogP contribution in [0.15, 0.2) is 17.9 Å². The van der Waals surface area contributed by atoms with E-state index >= 15 is 0 Å². The third-order valence-corrected chi connectivity index (χ3v) is 3.60. The summed E-state index contributed by atoms with van der Waals surface area (Å²) in [5.41, 5.74) is -0.162. The lowest BCUT2D eigenvalue weighted by atomic mass is 10.2. The molecule has 2 aromatic heterocycles. The molecule has 0 bridgehead atoms. The molecule has 1 atom stereocenters. The third kappa shape index (κ3) is 2.82. The van der Waals surface area contributed by atoms with Crippen LogP contribution in [0.4, 0.5) is 17.3 Å². The summed E-state index contributed by atoms with van der Waals surface area (Å²) < 4.78 is 0. The maximum atomic E-state index is 11.2. The molecule has 0 aromatic carbocycles. The van der Waals surface area contributed by atoms with Crippen molar-refractivity contribution in [2.45, 2.75) is 19.4 Å². The first-order valence-electron chi connectivity index (χ1n) is 6.00. The predicted molar refractivity (Wildman–Crippen MR) is 77.0 cm³/mol. The van der Waals surface area contributed by atoms with Crippen molar-refractivity contribution in [1.82, 2.24) is 15.0 Å². The number of nitrogens with one attached hydrogen (secondary N) is 2. The minimum Gasteiger partial charge on any atom is -0.367 e. The van der Waals surface area contributed by atoms with Crippen LogP contribution in [0.3, 0.4) is 0 Å². The maximum Gasteiger partial charge on any atom is 0.353 e. The van der Waals surface area contributed by atoms with Gasteiger partial charge in [0.2, 0.25) is 11.6 Å². The summed E-state index contributed by atoms with van der Waals surface area (Å²) in [6.07, 6.45) is 3.73. The van der Waals surface area contributed by atoms with Crippen LogP contribution < -0.4 is 10.6 Å². The van der Waals surface area contributed by atoms with Gasteiger partial charge in [0.1, 0.15) is 11.3 Å². The van der Waals surface area contributed by atoms with Gasteiger partial charge in [0.15, 0.2) is 0 Å². The molecule has 0 fully saturated rings. The molecule has 0 radical (unpaired) electrons. The van der Waals surface area contributed by atoms with E-state index in [2.05, 4.69) is 25.6 Å². The number of rotatable bonds is 6. The zero-order valence-corrected chi connectivity index (χ0v) is 11.8. The van der Waals surface area contributed by atoms with Crippen LogP contribution in [0, 0.1) is 10.1 Å². The Labute approximate surface area is 119 Å². The molecule has 2 rings (SSSR count). The fourth-order valence-electron chi connectivity index (χ4n) is 1.75. The largest absolute Gasteiger partial charge is 0.367 e. The van der Waals surface area contributed by atoms with Crippen molar-refractivity contribution < 1.29 is 4.92 Å². The highest BCUT2D eigenvalue weighted by Crippen LogP contribution is 2.32. The van der Waals surface area contributed by atoms with Gasteiger partial charge >= 0.3 is 5.69 Å². The van der Waals surface area contributed by atoms with Crippen molar-refractivity contribution in [3.63, 3.8) is 0 Å². The Morgan fingerprint density at radius 3 is 2.70 bits per heavy atom. The quantitative estimate of drug-likeness (QED) is 0.622. The van der Waals surface area contributed by atoms with E-state index in [0.717, 1.165) is 11.4 Å². The van der Waals surface area contributed by atoms with Gasteiger partial charge in [-0.25, -0.2) is 15.0 Å². The Morgan fingerprint density at radius 1 is 1.40 bits per heavy atom. The van der Waals surface area contributed by atoms with Crippen molar-refractivity contribution in [3.05, 3.63) is 33.0 Å². The molecular weight excluding hydrogens is 280 g/mol. The SMILES string of the molecule is CCC(Nc1ncnc(NC)c1[N+](=O)[O-])c1nccs1. The summed E-state index contributed by atoms with van der Waals surface area (Å²) in [5.74, 6) is 0.373. The summed E-state index contributed by atoms with van der Waals surface area (Å²) >= 11 is 1.50. The van der Waals surface area contributed by atoms with E-state index in [1.807, 2.05) is 12.3 Å². The van der Waals surface area contributed by atoms with Crippen LogP contribution in [0.25, 0.3) is 0 Å². The number of nitro groups is 1. The second-order valence-electron chi connectivity index (χ2n) is 3.90. The van der Waals surface area contributed by atoms with Crippen LogP contribution in [0.2, 0.25) is 0 Å². The fourth-order valence-corrected chi connectivity index (χ4v) is 2.52. The van der Waals surface area contributed by atoms with Crippen LogP contribution in [-0.2, 0) is 0 Å². The van der Waals surface area contributed by atoms with Gasteiger partial charge in [-0.15, -0.1) is 11.3 Å². The fraction of sp³-hybridized carbons (Fsp3) is 0.364. The third-order valence-electron chi connectivity index (χ3n) is 2.71. The molecule has 2 aromatic rings. The summed E-state index contributed by atoms with van der Waals surface area (Å²) in [7, 11) is 1.58. The maximum absolute atomic E-state index is 11.2. The number of hydrogen-bond acceptors (Lipinski definition) is 8. The first kappa shape index (κ1) is 14.1. The molecule has 0 saturated carbocycles. The smallest absolute Gasteiger partial charge is 0.353 e. The zero-order valence-electron chi connectivity index (χ0n) is 11.0. The number of aromatic nitrogens is 3. The van der Waals surface area contributed by atoms with Crippen molar-refractivity contribution in [2.24, 2.45) is 0 Å². The number of hydrogen-bond donors (Lipinski definition) is 2. The Balaban J connectivity index is 2.35. The molecular formula is C11H14N6O2S. The molecule has 0 amide bonds. The minimum absolute atomic E-state index is 0.117. The molecule has 2 heterocycles. The molecule has 8 nitrogen and oxygen atoms in total. The molecule has 0 aliphatic rings. The van der Waals surface area contributed by atoms with Gasteiger partial charge in [-0.3, -0.25) is 10.1 Å². The standard InChI is InChI=1S/C11H14N6O2S/c1-3-7(11-13-4-5-20-11)16-10-8(17(18)19)9(12-2)14-6-15-10/h4-7H,3H2,1-2H3,(H2,12,14,15,16). The van der Waals surface area contributed by atoms with Crippen LogP contribution in [0.1, 0.15) is 24.4 Å². The molecule has 0 aliphatic heterocycles. The Morgan fingerprint density at radius 2 is 2.15 bits per heavy atom. The molecule has 106 valence electrons. The van der Waals surface area contributed by atoms with Gasteiger partial charge in [0, 0.05) is 18.6 Å². The molecule has 9 heteroatoms. The second-order valence-corrected chi connectivity index (χ2v) is 4.83. The van der Waals surface area contributed by atoms with Gasteiger partial charge in [-0.2, -0.15) is 0 Å². The van der Waals surface area contributed by atoms with Crippen molar-refractivity contribution in [3.8, 4) is 0 Å². The summed E-state index contributed by atoms with van der Waals surface area (Å²) in [6.45, 7) is 1.98. The lowest BCUT2D eigenvalue weighted by Gasteiger charge is -2.15. The molecule has 0 aliphatic carbocycles. The van der Waals surface area contributed by atoms with Crippen molar-refractivity contribution >= 4 is 28.7 Å². The van der Waals surface area contributed by atoms with Crippen molar-refractivity contribution in [1.29, 1.82) is 0 Å². The molecule has 20 heavy (non-hydrogen) atoms. The molecule has 1 unspecified atom stereocenters. The van der Waals surface area contributed by atoms with E-state index in [0.29, 0.717) is 0 Å². The lowest BCUT2D eigenvalue weighted by molar-refractivity contribution is -0.383. The van der Waals surface area contributed by atoms with Gasteiger partial charge in [-0.1, -0.05) is 6.92 Å². The highest BCUT2D eigenvalue weighted by atomic mass is 32.1. The van der Waals surface area contributed by atoms with E-state index < -0.39 is 4.92 Å². The Kier molecular flexibility index (Phi) is 4.41. The van der Waals surface area contributed by atoms with E-state index in [1.165, 1.54) is 17.7 Å². The average molecular weight is 294 g/mol. The predicted octanol–water partition coefficient (Wildman–Crippen LogP) is 2.45. The second kappa shape index (κ2) is 6.24.